The van der Waals surface area contributed by atoms with E-state index < -0.39 is 17.3 Å². The van der Waals surface area contributed by atoms with Crippen molar-refractivity contribution in [3.63, 3.8) is 0 Å². The van der Waals surface area contributed by atoms with E-state index in [4.69, 9.17) is 18.9 Å². The van der Waals surface area contributed by atoms with Crippen LogP contribution in [0.5, 0.6) is 0 Å². The second-order valence-corrected chi connectivity index (χ2v) is 14.4. The molecule has 0 radical (unpaired) electrons. The summed E-state index contributed by atoms with van der Waals surface area (Å²) in [5.41, 5.74) is 1.70. The number of aromatic nitrogens is 2. The molecule has 7 heteroatoms. The summed E-state index contributed by atoms with van der Waals surface area (Å²) < 4.78 is 27.9. The largest absolute Gasteiger partial charge is 0.456 e. The van der Waals surface area contributed by atoms with E-state index in [0.717, 1.165) is 12.0 Å². The molecule has 0 amide bonds. The summed E-state index contributed by atoms with van der Waals surface area (Å²) in [5, 5.41) is 0. The van der Waals surface area contributed by atoms with Crippen LogP contribution in [0.4, 0.5) is 0 Å². The zero-order valence-electron chi connectivity index (χ0n) is 27.6. The SMILES string of the molecule is CC1=CC[C@H](C(C)C)[C@H]2/C=C(/COC3OCC(C)C(C)C3C)[C@@]3(C)C=C[C@](C)(O3)[C@@H](OC(=O)C=Cc3cn(C)cn3)C[C@@H]12. The lowest BCUT2D eigenvalue weighted by atomic mass is 9.65. The maximum absolute atomic E-state index is 13.2. The van der Waals surface area contributed by atoms with Crippen LogP contribution in [0.25, 0.3) is 6.08 Å². The maximum atomic E-state index is 13.2. The number of esters is 1. The Labute approximate surface area is 258 Å². The molecule has 236 valence electrons. The lowest BCUT2D eigenvalue weighted by Gasteiger charge is -2.41. The standard InChI is InChI=1S/C36H52N2O5/c1-22(2)29-12-10-23(3)30-17-32(42-33(39)13-11-28-18-38(9)21-37-28)36(8)15-14-35(7,43-36)27(16-31(29)30)20-41-34-26(6)25(5)24(4)19-40-34/h10-11,13-16,18,21-22,24-26,29-32,34H,12,17,19-20H2,1-9H3/b13-11?,27-16-/t24?,25?,26?,29-,30+,31-,32+,34?,35-,36+/m1/s1. The molecule has 0 spiro atoms. The van der Waals surface area contributed by atoms with Crippen LogP contribution < -0.4 is 0 Å². The Morgan fingerprint density at radius 1 is 1.21 bits per heavy atom. The van der Waals surface area contributed by atoms with E-state index >= 15 is 0 Å². The molecule has 4 unspecified atom stereocenters. The van der Waals surface area contributed by atoms with Crippen molar-refractivity contribution in [1.29, 1.82) is 0 Å². The van der Waals surface area contributed by atoms with Crippen LogP contribution >= 0.6 is 0 Å². The van der Waals surface area contributed by atoms with Gasteiger partial charge in [-0.05, 0) is 86.8 Å². The Bertz CT molecular complexity index is 1290. The molecule has 1 aromatic rings. The van der Waals surface area contributed by atoms with Gasteiger partial charge in [-0.1, -0.05) is 58.4 Å². The molecule has 2 bridgehead atoms. The van der Waals surface area contributed by atoms with E-state index in [0.29, 0.717) is 54.9 Å². The fraction of sp³-hybridized carbons (Fsp3) is 0.667. The van der Waals surface area contributed by atoms with Gasteiger partial charge in [0.15, 0.2) is 6.29 Å². The molecule has 3 aliphatic heterocycles. The molecule has 43 heavy (non-hydrogen) atoms. The third-order valence-electron chi connectivity index (χ3n) is 10.9. The first-order valence-electron chi connectivity index (χ1n) is 16.2. The predicted molar refractivity (Wildman–Crippen MR) is 169 cm³/mol. The number of rotatable bonds is 7. The monoisotopic (exact) mass is 592 g/mol. The van der Waals surface area contributed by atoms with Crippen LogP contribution in [-0.2, 0) is 30.8 Å². The van der Waals surface area contributed by atoms with Crippen molar-refractivity contribution in [2.75, 3.05) is 13.2 Å². The summed E-state index contributed by atoms with van der Waals surface area (Å²) in [4.78, 5) is 17.5. The predicted octanol–water partition coefficient (Wildman–Crippen LogP) is 6.91. The lowest BCUT2D eigenvalue weighted by Crippen LogP contribution is -2.46. The minimum absolute atomic E-state index is 0.219. The molecule has 1 aliphatic carbocycles. The summed E-state index contributed by atoms with van der Waals surface area (Å²) in [6.45, 7) is 19.0. The number of fused-ring (bicyclic) bond motifs is 3. The van der Waals surface area contributed by atoms with E-state index in [2.05, 4.69) is 77.8 Å². The fourth-order valence-electron chi connectivity index (χ4n) is 7.49. The van der Waals surface area contributed by atoms with E-state index in [9.17, 15) is 4.79 Å². The van der Waals surface area contributed by atoms with Gasteiger partial charge in [-0.15, -0.1) is 0 Å². The number of carbonyl (C=O) groups excluding carboxylic acids is 1. The van der Waals surface area contributed by atoms with E-state index in [1.165, 1.54) is 11.6 Å². The first-order valence-corrected chi connectivity index (χ1v) is 16.2. The van der Waals surface area contributed by atoms with Crippen LogP contribution in [0.2, 0.25) is 0 Å². The molecule has 4 heterocycles. The van der Waals surface area contributed by atoms with E-state index in [1.807, 2.05) is 24.7 Å². The highest BCUT2D eigenvalue weighted by Crippen LogP contribution is 2.49. The van der Waals surface area contributed by atoms with Gasteiger partial charge < -0.3 is 23.5 Å². The molecule has 1 saturated heterocycles. The van der Waals surface area contributed by atoms with Gasteiger partial charge in [-0.25, -0.2) is 9.78 Å². The summed E-state index contributed by atoms with van der Waals surface area (Å²) in [5.74, 6) is 2.41. The number of hydrogen-bond donors (Lipinski definition) is 0. The number of hydrogen-bond acceptors (Lipinski definition) is 6. The first kappa shape index (κ1) is 31.9. The Hall–Kier alpha value is -2.48. The minimum Gasteiger partial charge on any atom is -0.456 e. The van der Waals surface area contributed by atoms with Crippen molar-refractivity contribution >= 4 is 12.0 Å². The molecule has 10 atom stereocenters. The summed E-state index contributed by atoms with van der Waals surface area (Å²) in [7, 11) is 1.90. The van der Waals surface area contributed by atoms with Crippen LogP contribution in [0, 0.1) is 41.4 Å². The number of aryl methyl sites for hydroxylation is 1. The van der Waals surface area contributed by atoms with Gasteiger partial charge in [0, 0.05) is 25.2 Å². The van der Waals surface area contributed by atoms with Gasteiger partial charge in [-0.2, -0.15) is 0 Å². The zero-order chi connectivity index (χ0) is 31.1. The van der Waals surface area contributed by atoms with Gasteiger partial charge in [0.25, 0.3) is 0 Å². The Kier molecular flexibility index (Phi) is 9.27. The number of allylic oxidation sites excluding steroid dienone is 3. The van der Waals surface area contributed by atoms with E-state index in [1.54, 1.807) is 12.4 Å². The molecule has 0 saturated carbocycles. The summed E-state index contributed by atoms with van der Waals surface area (Å²) >= 11 is 0. The number of nitrogens with zero attached hydrogens (tertiary/aromatic N) is 2. The second kappa shape index (κ2) is 12.5. The van der Waals surface area contributed by atoms with Crippen LogP contribution in [-0.4, -0.2) is 52.3 Å². The van der Waals surface area contributed by atoms with Crippen molar-refractivity contribution in [3.05, 3.63) is 59.7 Å². The summed E-state index contributed by atoms with van der Waals surface area (Å²) in [6, 6.07) is 0. The zero-order valence-corrected chi connectivity index (χ0v) is 27.6. The molecule has 4 aliphatic rings. The van der Waals surface area contributed by atoms with Gasteiger partial charge in [0.1, 0.15) is 17.3 Å². The number of ether oxygens (including phenoxy) is 4. The Morgan fingerprint density at radius 3 is 2.67 bits per heavy atom. The van der Waals surface area contributed by atoms with Gasteiger partial charge >= 0.3 is 5.97 Å². The van der Waals surface area contributed by atoms with Gasteiger partial charge in [0.05, 0.1) is 25.2 Å². The third kappa shape index (κ3) is 6.64. The number of imidazole rings is 1. The molecule has 1 aromatic heterocycles. The van der Waals surface area contributed by atoms with Crippen molar-refractivity contribution in [3.8, 4) is 0 Å². The molecule has 0 aromatic carbocycles. The minimum atomic E-state index is -0.791. The average Bonchev–Trinajstić information content (AvgIpc) is 3.53. The number of carbonyl (C=O) groups is 1. The molecular weight excluding hydrogens is 540 g/mol. The van der Waals surface area contributed by atoms with E-state index in [-0.39, 0.29) is 24.1 Å². The van der Waals surface area contributed by atoms with Crippen molar-refractivity contribution < 1.29 is 23.7 Å². The van der Waals surface area contributed by atoms with Gasteiger partial charge in [-0.3, -0.25) is 0 Å². The average molecular weight is 593 g/mol. The van der Waals surface area contributed by atoms with Crippen molar-refractivity contribution in [2.45, 2.75) is 91.8 Å². The van der Waals surface area contributed by atoms with Crippen LogP contribution in [0.15, 0.2) is 54.1 Å². The quantitative estimate of drug-likeness (QED) is 0.195. The molecular formula is C36H52N2O5. The van der Waals surface area contributed by atoms with Crippen molar-refractivity contribution in [1.82, 2.24) is 9.55 Å². The van der Waals surface area contributed by atoms with Gasteiger partial charge in [0.2, 0.25) is 0 Å². The molecule has 1 fully saturated rings. The highest BCUT2D eigenvalue weighted by atomic mass is 16.7. The van der Waals surface area contributed by atoms with Crippen LogP contribution in [0.3, 0.4) is 0 Å². The molecule has 5 rings (SSSR count). The van der Waals surface area contributed by atoms with Crippen molar-refractivity contribution in [2.24, 2.45) is 48.5 Å². The van der Waals surface area contributed by atoms with Crippen LogP contribution in [0.1, 0.15) is 73.9 Å². The lowest BCUT2D eigenvalue weighted by molar-refractivity contribution is -0.214. The maximum Gasteiger partial charge on any atom is 0.331 e. The summed E-state index contributed by atoms with van der Waals surface area (Å²) in [6.07, 6.45) is 16.8. The normalized spacial score (nSPS) is 40.8. The topological polar surface area (TPSA) is 71.8 Å². The highest BCUT2D eigenvalue weighted by Gasteiger charge is 2.51. The first-order chi connectivity index (χ1) is 20.3. The highest BCUT2D eigenvalue weighted by molar-refractivity contribution is 5.86. The Morgan fingerprint density at radius 2 is 1.98 bits per heavy atom. The third-order valence-corrected chi connectivity index (χ3v) is 10.9. The fourth-order valence-corrected chi connectivity index (χ4v) is 7.49. The smallest absolute Gasteiger partial charge is 0.331 e. The Balaban J connectivity index is 1.46. The molecule has 7 nitrogen and oxygen atoms in total. The molecule has 0 N–H and O–H groups in total. The second-order valence-electron chi connectivity index (χ2n) is 14.4.